The van der Waals surface area contributed by atoms with Crippen LogP contribution in [0.15, 0.2) is 89.9 Å². The number of aryl methyl sites for hydroxylation is 1. The van der Waals surface area contributed by atoms with Crippen molar-refractivity contribution < 1.29 is 4.74 Å². The van der Waals surface area contributed by atoms with E-state index < -0.39 is 0 Å². The third-order valence-corrected chi connectivity index (χ3v) is 7.18. The summed E-state index contributed by atoms with van der Waals surface area (Å²) in [5, 5.41) is 0. The van der Waals surface area contributed by atoms with E-state index in [1.54, 1.807) is 0 Å². The van der Waals surface area contributed by atoms with Gasteiger partial charge in [-0.05, 0) is 65.6 Å². The molecule has 1 aromatic heterocycles. The van der Waals surface area contributed by atoms with Crippen molar-refractivity contribution in [2.75, 3.05) is 0 Å². The molecule has 1 atom stereocenters. The fraction of sp³-hybridized carbons (Fsp3) is 0.0667. The summed E-state index contributed by atoms with van der Waals surface area (Å²) < 4.78 is 8.63. The molecule has 1 aliphatic carbocycles. The number of para-hydroxylation sites is 2. The van der Waals surface area contributed by atoms with Crippen molar-refractivity contribution in [3.63, 3.8) is 0 Å². The number of nitrogens with zero attached hydrogens (tertiary/aromatic N) is 3. The lowest BCUT2D eigenvalue weighted by Crippen LogP contribution is -2.17. The minimum Gasteiger partial charge on any atom is -0.453 e. The minimum atomic E-state index is 0.113. The number of allylic oxidation sites excluding steroid dienone is 1. The van der Waals surface area contributed by atoms with E-state index in [9.17, 15) is 0 Å². The lowest BCUT2D eigenvalue weighted by atomic mass is 9.76. The summed E-state index contributed by atoms with van der Waals surface area (Å²) in [6.45, 7) is 2.05. The molecule has 8 rings (SSSR count). The SMILES string of the molecule is Cc1nc2cccc3c2n1-c1ccc(C2=Cc4ccccc4C4=Nc5ccccc5C24)cc1O3. The molecule has 0 radical (unpaired) electrons. The zero-order chi connectivity index (χ0) is 22.4. The van der Waals surface area contributed by atoms with Gasteiger partial charge in [-0.1, -0.05) is 54.6 Å². The van der Waals surface area contributed by atoms with Gasteiger partial charge in [0.15, 0.2) is 11.5 Å². The molecule has 4 aromatic carbocycles. The van der Waals surface area contributed by atoms with Crippen molar-refractivity contribution in [1.29, 1.82) is 0 Å². The van der Waals surface area contributed by atoms with Gasteiger partial charge >= 0.3 is 0 Å². The second-order valence-corrected chi connectivity index (χ2v) is 9.08. The van der Waals surface area contributed by atoms with E-state index in [0.29, 0.717) is 0 Å². The monoisotopic (exact) mass is 437 g/mol. The van der Waals surface area contributed by atoms with Crippen LogP contribution in [-0.2, 0) is 0 Å². The van der Waals surface area contributed by atoms with Crippen molar-refractivity contribution in [1.82, 2.24) is 9.55 Å². The Balaban J connectivity index is 1.35. The van der Waals surface area contributed by atoms with Gasteiger partial charge in [0.25, 0.3) is 0 Å². The lowest BCUT2D eigenvalue weighted by molar-refractivity contribution is 0.474. The van der Waals surface area contributed by atoms with Crippen LogP contribution < -0.4 is 4.74 Å². The second-order valence-electron chi connectivity index (χ2n) is 9.08. The Morgan fingerprint density at radius 2 is 1.74 bits per heavy atom. The van der Waals surface area contributed by atoms with Crippen molar-refractivity contribution in [3.05, 3.63) is 113 Å². The third kappa shape index (κ3) is 2.27. The van der Waals surface area contributed by atoms with Crippen LogP contribution in [0.4, 0.5) is 5.69 Å². The maximum Gasteiger partial charge on any atom is 0.153 e. The molecule has 1 unspecified atom stereocenters. The van der Waals surface area contributed by atoms with Gasteiger partial charge in [0, 0.05) is 5.56 Å². The van der Waals surface area contributed by atoms with E-state index in [-0.39, 0.29) is 5.92 Å². The Labute approximate surface area is 196 Å². The number of rotatable bonds is 1. The molecule has 4 heteroatoms. The fourth-order valence-electron chi connectivity index (χ4n) is 5.73. The van der Waals surface area contributed by atoms with Crippen LogP contribution in [0.1, 0.15) is 34.0 Å². The first kappa shape index (κ1) is 18.0. The molecule has 3 aliphatic rings. The molecule has 2 aliphatic heterocycles. The molecule has 0 saturated carbocycles. The van der Waals surface area contributed by atoms with E-state index in [4.69, 9.17) is 14.7 Å². The highest BCUT2D eigenvalue weighted by molar-refractivity contribution is 6.22. The number of aromatic nitrogens is 2. The van der Waals surface area contributed by atoms with Gasteiger partial charge in [-0.25, -0.2) is 4.98 Å². The highest BCUT2D eigenvalue weighted by Gasteiger charge is 2.36. The van der Waals surface area contributed by atoms with Gasteiger partial charge in [-0.2, -0.15) is 0 Å². The zero-order valence-corrected chi connectivity index (χ0v) is 18.5. The summed E-state index contributed by atoms with van der Waals surface area (Å²) in [4.78, 5) is 9.82. The minimum absolute atomic E-state index is 0.113. The van der Waals surface area contributed by atoms with E-state index in [0.717, 1.165) is 51.0 Å². The van der Waals surface area contributed by atoms with E-state index in [1.165, 1.54) is 22.3 Å². The summed E-state index contributed by atoms with van der Waals surface area (Å²) in [6.07, 6.45) is 2.32. The normalized spacial score (nSPS) is 16.7. The molecular weight excluding hydrogens is 418 g/mol. The van der Waals surface area contributed by atoms with Crippen LogP contribution in [0, 0.1) is 6.92 Å². The van der Waals surface area contributed by atoms with Gasteiger partial charge in [-0.3, -0.25) is 9.56 Å². The molecule has 0 amide bonds. The number of aliphatic imine (C=N–C) groups is 1. The van der Waals surface area contributed by atoms with Gasteiger partial charge in [-0.15, -0.1) is 0 Å². The Bertz CT molecular complexity index is 1750. The Hall–Kier alpha value is -4.44. The Morgan fingerprint density at radius 3 is 2.71 bits per heavy atom. The summed E-state index contributed by atoms with van der Waals surface area (Å²) >= 11 is 0. The average Bonchev–Trinajstić information content (AvgIpc) is 3.43. The van der Waals surface area contributed by atoms with Crippen LogP contribution in [0.25, 0.3) is 28.4 Å². The summed E-state index contributed by atoms with van der Waals surface area (Å²) in [6, 6.07) is 29.6. The zero-order valence-electron chi connectivity index (χ0n) is 18.5. The van der Waals surface area contributed by atoms with Crippen LogP contribution in [-0.4, -0.2) is 15.3 Å². The first-order chi connectivity index (χ1) is 16.8. The third-order valence-electron chi connectivity index (χ3n) is 7.18. The highest BCUT2D eigenvalue weighted by atomic mass is 16.5. The Kier molecular flexibility index (Phi) is 3.36. The molecule has 4 nitrogen and oxygen atoms in total. The van der Waals surface area contributed by atoms with Gasteiger partial charge < -0.3 is 4.74 Å². The lowest BCUT2D eigenvalue weighted by Gasteiger charge is -2.27. The number of hydrogen-bond acceptors (Lipinski definition) is 3. The summed E-state index contributed by atoms with van der Waals surface area (Å²) in [5.41, 5.74) is 11.3. The van der Waals surface area contributed by atoms with Crippen LogP contribution in [0.2, 0.25) is 0 Å². The predicted octanol–water partition coefficient (Wildman–Crippen LogP) is 7.21. The second kappa shape index (κ2) is 6.33. The smallest absolute Gasteiger partial charge is 0.153 e. The molecule has 5 aromatic rings. The van der Waals surface area contributed by atoms with Gasteiger partial charge in [0.1, 0.15) is 11.3 Å². The van der Waals surface area contributed by atoms with Crippen molar-refractivity contribution in [3.8, 4) is 17.2 Å². The number of ether oxygens (including phenoxy) is 1. The van der Waals surface area contributed by atoms with Crippen molar-refractivity contribution in [2.45, 2.75) is 12.8 Å². The number of imidazole rings is 1. The molecule has 0 fully saturated rings. The van der Waals surface area contributed by atoms with Gasteiger partial charge in [0.2, 0.25) is 0 Å². The first-order valence-electron chi connectivity index (χ1n) is 11.6. The highest BCUT2D eigenvalue weighted by Crippen LogP contribution is 2.50. The summed E-state index contributed by atoms with van der Waals surface area (Å²) in [5.74, 6) is 2.77. The number of benzene rings is 4. The quantitative estimate of drug-likeness (QED) is 0.273. The maximum atomic E-state index is 6.43. The molecule has 0 spiro atoms. The Morgan fingerprint density at radius 1 is 0.853 bits per heavy atom. The van der Waals surface area contributed by atoms with Crippen LogP contribution in [0.3, 0.4) is 0 Å². The molecule has 0 bridgehead atoms. The topological polar surface area (TPSA) is 39.4 Å². The molecule has 0 saturated heterocycles. The molecule has 160 valence electrons. The van der Waals surface area contributed by atoms with Crippen LogP contribution in [0.5, 0.6) is 11.5 Å². The average molecular weight is 438 g/mol. The number of fused-ring (bicyclic) bond motifs is 7. The van der Waals surface area contributed by atoms with Crippen LogP contribution >= 0.6 is 0 Å². The largest absolute Gasteiger partial charge is 0.453 e. The summed E-state index contributed by atoms with van der Waals surface area (Å²) in [7, 11) is 0. The van der Waals surface area contributed by atoms with Gasteiger partial charge in [0.05, 0.1) is 28.5 Å². The molecule has 0 N–H and O–H groups in total. The fourth-order valence-corrected chi connectivity index (χ4v) is 5.73. The molecular formula is C30H19N3O. The predicted molar refractivity (Wildman–Crippen MR) is 136 cm³/mol. The van der Waals surface area contributed by atoms with E-state index >= 15 is 0 Å². The first-order valence-corrected chi connectivity index (χ1v) is 11.6. The standard InChI is InChI=1S/C30H19N3O/c1-17-31-24-11-6-12-26-30(24)33(17)25-14-13-19(16-27(25)34-26)22-15-18-7-2-3-8-20(18)29-28(22)21-9-4-5-10-23(21)32-29/h2-16,28H,1H3. The molecule has 3 heterocycles. The van der Waals surface area contributed by atoms with E-state index in [1.807, 2.05) is 25.1 Å². The number of hydrogen-bond donors (Lipinski definition) is 0. The maximum absolute atomic E-state index is 6.43. The van der Waals surface area contributed by atoms with E-state index in [2.05, 4.69) is 77.4 Å². The molecule has 34 heavy (non-hydrogen) atoms. The van der Waals surface area contributed by atoms with Crippen molar-refractivity contribution >= 4 is 34.1 Å². The van der Waals surface area contributed by atoms with Crippen molar-refractivity contribution in [2.24, 2.45) is 4.99 Å².